The van der Waals surface area contributed by atoms with Crippen LogP contribution in [0.25, 0.3) is 0 Å². The average molecular weight is 273 g/mol. The Morgan fingerprint density at radius 2 is 1.95 bits per heavy atom. The quantitative estimate of drug-likeness (QED) is 0.786. The van der Waals surface area contributed by atoms with Gasteiger partial charge in [-0.3, -0.25) is 0 Å². The number of benzene rings is 1. The van der Waals surface area contributed by atoms with E-state index in [1.54, 1.807) is 13.2 Å². The Balaban J connectivity index is 1.72. The molecule has 0 radical (unpaired) electrons. The number of aryl methyl sites for hydroxylation is 1. The van der Waals surface area contributed by atoms with E-state index < -0.39 is 0 Å². The highest BCUT2D eigenvalue weighted by atomic mass is 16.5. The van der Waals surface area contributed by atoms with Gasteiger partial charge in [0.2, 0.25) is 5.88 Å². The van der Waals surface area contributed by atoms with Crippen molar-refractivity contribution in [2.75, 3.05) is 25.6 Å². The summed E-state index contributed by atoms with van der Waals surface area (Å²) in [5, 5.41) is 3.24. The Hall–Kier alpha value is -2.30. The fraction of sp³-hybridized carbons (Fsp3) is 0.333. The summed E-state index contributed by atoms with van der Waals surface area (Å²) in [4.78, 5) is 8.43. The second kappa shape index (κ2) is 7.33. The third-order valence-electron chi connectivity index (χ3n) is 2.66. The Bertz CT molecular complexity index is 532. The molecule has 20 heavy (non-hydrogen) atoms. The molecule has 0 amide bonds. The number of nitrogens with zero attached hydrogens (tertiary/aromatic N) is 2. The number of ether oxygens (including phenoxy) is 2. The van der Waals surface area contributed by atoms with Gasteiger partial charge in [-0.2, -0.15) is 4.98 Å². The van der Waals surface area contributed by atoms with Gasteiger partial charge in [0.1, 0.15) is 17.4 Å². The van der Waals surface area contributed by atoms with E-state index in [0.29, 0.717) is 18.3 Å². The van der Waals surface area contributed by atoms with E-state index in [-0.39, 0.29) is 0 Å². The molecule has 0 unspecified atom stereocenters. The van der Waals surface area contributed by atoms with Crippen molar-refractivity contribution in [2.24, 2.45) is 0 Å². The van der Waals surface area contributed by atoms with Gasteiger partial charge in [0.25, 0.3) is 0 Å². The topological polar surface area (TPSA) is 56.3 Å². The zero-order chi connectivity index (χ0) is 14.2. The number of hydrogen-bond donors (Lipinski definition) is 1. The van der Waals surface area contributed by atoms with E-state index >= 15 is 0 Å². The van der Waals surface area contributed by atoms with Gasteiger partial charge in [-0.15, -0.1) is 0 Å². The van der Waals surface area contributed by atoms with Gasteiger partial charge in [0.05, 0.1) is 13.7 Å². The molecule has 0 atom stereocenters. The fourth-order valence-corrected chi connectivity index (χ4v) is 1.73. The minimum atomic E-state index is 0.570. The van der Waals surface area contributed by atoms with Crippen LogP contribution in [0.1, 0.15) is 12.2 Å². The minimum Gasteiger partial charge on any atom is -0.494 e. The first-order valence-electron chi connectivity index (χ1n) is 6.59. The summed E-state index contributed by atoms with van der Waals surface area (Å²) >= 11 is 0. The second-order valence-electron chi connectivity index (χ2n) is 4.28. The largest absolute Gasteiger partial charge is 0.494 e. The monoisotopic (exact) mass is 273 g/mol. The SMILES string of the molecule is COc1cc(NCCCOc2ccccc2)nc(C)n1. The van der Waals surface area contributed by atoms with Crippen LogP contribution in [0.15, 0.2) is 36.4 Å². The van der Waals surface area contributed by atoms with E-state index in [1.807, 2.05) is 37.3 Å². The Morgan fingerprint density at radius 1 is 1.15 bits per heavy atom. The summed E-state index contributed by atoms with van der Waals surface area (Å²) in [7, 11) is 1.60. The minimum absolute atomic E-state index is 0.570. The standard InChI is InChI=1S/C15H19N3O2/c1-12-17-14(11-15(18-12)19-2)16-9-6-10-20-13-7-4-3-5-8-13/h3-5,7-8,11H,6,9-10H2,1-2H3,(H,16,17,18). The molecule has 5 heteroatoms. The van der Waals surface area contributed by atoms with Crippen molar-refractivity contribution >= 4 is 5.82 Å². The van der Waals surface area contributed by atoms with Crippen LogP contribution < -0.4 is 14.8 Å². The molecule has 0 bridgehead atoms. The zero-order valence-corrected chi connectivity index (χ0v) is 11.8. The average Bonchev–Trinajstić information content (AvgIpc) is 2.47. The molecule has 5 nitrogen and oxygen atoms in total. The Kier molecular flexibility index (Phi) is 5.17. The zero-order valence-electron chi connectivity index (χ0n) is 11.8. The van der Waals surface area contributed by atoms with Crippen molar-refractivity contribution in [1.82, 2.24) is 9.97 Å². The van der Waals surface area contributed by atoms with Gasteiger partial charge in [-0.05, 0) is 25.5 Å². The summed E-state index contributed by atoms with van der Waals surface area (Å²) in [6.07, 6.45) is 0.889. The fourth-order valence-electron chi connectivity index (χ4n) is 1.73. The van der Waals surface area contributed by atoms with E-state index in [4.69, 9.17) is 9.47 Å². The molecule has 1 N–H and O–H groups in total. The van der Waals surface area contributed by atoms with Gasteiger partial charge in [-0.25, -0.2) is 4.98 Å². The van der Waals surface area contributed by atoms with Crippen LogP contribution in [0.4, 0.5) is 5.82 Å². The van der Waals surface area contributed by atoms with Crippen LogP contribution in [0.3, 0.4) is 0 Å². The van der Waals surface area contributed by atoms with Crippen molar-refractivity contribution in [3.63, 3.8) is 0 Å². The number of rotatable bonds is 7. The van der Waals surface area contributed by atoms with Crippen molar-refractivity contribution < 1.29 is 9.47 Å². The predicted molar refractivity (Wildman–Crippen MR) is 78.4 cm³/mol. The third-order valence-corrected chi connectivity index (χ3v) is 2.66. The van der Waals surface area contributed by atoms with Crippen LogP contribution in [-0.4, -0.2) is 30.2 Å². The van der Waals surface area contributed by atoms with Gasteiger partial charge >= 0.3 is 0 Å². The number of methoxy groups -OCH3 is 1. The van der Waals surface area contributed by atoms with E-state index in [9.17, 15) is 0 Å². The molecule has 0 aliphatic rings. The number of aromatic nitrogens is 2. The second-order valence-corrected chi connectivity index (χ2v) is 4.28. The van der Waals surface area contributed by atoms with Crippen LogP contribution >= 0.6 is 0 Å². The summed E-state index contributed by atoms with van der Waals surface area (Å²) < 4.78 is 10.7. The van der Waals surface area contributed by atoms with Crippen molar-refractivity contribution in [3.8, 4) is 11.6 Å². The van der Waals surface area contributed by atoms with Crippen molar-refractivity contribution in [2.45, 2.75) is 13.3 Å². The summed E-state index contributed by atoms with van der Waals surface area (Å²) in [6, 6.07) is 11.6. The number of nitrogens with one attached hydrogen (secondary N) is 1. The molecule has 0 saturated heterocycles. The summed E-state index contributed by atoms with van der Waals surface area (Å²) in [6.45, 7) is 3.29. The Morgan fingerprint density at radius 3 is 2.70 bits per heavy atom. The summed E-state index contributed by atoms with van der Waals surface area (Å²) in [5.41, 5.74) is 0. The normalized spacial score (nSPS) is 10.1. The van der Waals surface area contributed by atoms with E-state index in [0.717, 1.165) is 24.5 Å². The molecule has 1 aromatic carbocycles. The maximum absolute atomic E-state index is 5.62. The smallest absolute Gasteiger partial charge is 0.218 e. The molecular weight excluding hydrogens is 254 g/mol. The van der Waals surface area contributed by atoms with Gasteiger partial charge in [-0.1, -0.05) is 18.2 Å². The third kappa shape index (κ3) is 4.42. The predicted octanol–water partition coefficient (Wildman–Crippen LogP) is 2.67. The molecule has 0 fully saturated rings. The highest BCUT2D eigenvalue weighted by Gasteiger charge is 2.01. The molecule has 1 heterocycles. The van der Waals surface area contributed by atoms with E-state index in [2.05, 4.69) is 15.3 Å². The molecule has 0 aliphatic heterocycles. The lowest BCUT2D eigenvalue weighted by Gasteiger charge is -2.09. The maximum atomic E-state index is 5.62. The molecular formula is C15H19N3O2. The van der Waals surface area contributed by atoms with Crippen LogP contribution in [0.2, 0.25) is 0 Å². The number of anilines is 1. The molecule has 0 spiro atoms. The maximum Gasteiger partial charge on any atom is 0.218 e. The highest BCUT2D eigenvalue weighted by molar-refractivity contribution is 5.38. The summed E-state index contributed by atoms with van der Waals surface area (Å²) in [5.74, 6) is 2.93. The molecule has 2 rings (SSSR count). The molecule has 0 aliphatic carbocycles. The first-order chi connectivity index (χ1) is 9.78. The van der Waals surface area contributed by atoms with Crippen molar-refractivity contribution in [1.29, 1.82) is 0 Å². The van der Waals surface area contributed by atoms with E-state index in [1.165, 1.54) is 0 Å². The molecule has 106 valence electrons. The lowest BCUT2D eigenvalue weighted by Crippen LogP contribution is -2.09. The molecule has 2 aromatic rings. The number of hydrogen-bond acceptors (Lipinski definition) is 5. The Labute approximate surface area is 119 Å². The van der Waals surface area contributed by atoms with Crippen LogP contribution in [-0.2, 0) is 0 Å². The van der Waals surface area contributed by atoms with Crippen LogP contribution in [0, 0.1) is 6.92 Å². The first-order valence-corrected chi connectivity index (χ1v) is 6.59. The van der Waals surface area contributed by atoms with Gasteiger partial charge in [0, 0.05) is 12.6 Å². The lowest BCUT2D eigenvalue weighted by molar-refractivity contribution is 0.315. The molecule has 1 aromatic heterocycles. The van der Waals surface area contributed by atoms with Gasteiger partial charge < -0.3 is 14.8 Å². The lowest BCUT2D eigenvalue weighted by atomic mass is 10.3. The number of para-hydroxylation sites is 1. The highest BCUT2D eigenvalue weighted by Crippen LogP contribution is 2.12. The van der Waals surface area contributed by atoms with Crippen LogP contribution in [0.5, 0.6) is 11.6 Å². The van der Waals surface area contributed by atoms with Gasteiger partial charge in [0.15, 0.2) is 0 Å². The molecule has 0 saturated carbocycles. The first kappa shape index (κ1) is 14.1. The van der Waals surface area contributed by atoms with Crippen molar-refractivity contribution in [3.05, 3.63) is 42.2 Å².